The van der Waals surface area contributed by atoms with Gasteiger partial charge in [-0.05, 0) is 62.2 Å². The SMILES string of the molecule is CC=CCCCOC(=O)Nc1cccc2c3cccc(N)c3nc-2c1.O=C(O)c1ccc(Cl)cc1. The number of allylic oxidation sites excluding steroid dienone is 2. The fourth-order valence-electron chi connectivity index (χ4n) is 3.31. The lowest BCUT2D eigenvalue weighted by Crippen LogP contribution is -2.14. The lowest BCUT2D eigenvalue weighted by atomic mass is 10.1. The average molecular weight is 492 g/mol. The van der Waals surface area contributed by atoms with Crippen LogP contribution in [0.4, 0.5) is 16.2 Å². The summed E-state index contributed by atoms with van der Waals surface area (Å²) < 4.78 is 5.19. The van der Waals surface area contributed by atoms with E-state index >= 15 is 0 Å². The quantitative estimate of drug-likeness (QED) is 0.154. The van der Waals surface area contributed by atoms with Gasteiger partial charge in [0.2, 0.25) is 0 Å². The molecule has 0 unspecified atom stereocenters. The molecule has 2 aromatic carbocycles. The number of halogens is 1. The number of aromatic carboxylic acids is 1. The Kier molecular flexibility index (Phi) is 9.03. The van der Waals surface area contributed by atoms with Crippen molar-refractivity contribution in [3.05, 3.63) is 89.5 Å². The number of unbranched alkanes of at least 4 members (excludes halogenated alkanes) is 1. The molecule has 0 bridgehead atoms. The summed E-state index contributed by atoms with van der Waals surface area (Å²) in [4.78, 5) is 26.8. The van der Waals surface area contributed by atoms with E-state index in [0.29, 0.717) is 23.0 Å². The van der Waals surface area contributed by atoms with E-state index in [2.05, 4.69) is 10.3 Å². The van der Waals surface area contributed by atoms with Crippen LogP contribution in [-0.4, -0.2) is 28.8 Å². The number of fused-ring (bicyclic) bond motifs is 3. The molecule has 1 aliphatic heterocycles. The summed E-state index contributed by atoms with van der Waals surface area (Å²) in [7, 11) is 0. The van der Waals surface area contributed by atoms with Crippen LogP contribution in [0.15, 0.2) is 78.9 Å². The number of anilines is 2. The molecule has 2 aromatic rings. The number of para-hydroxylation sites is 1. The Morgan fingerprint density at radius 1 is 1.11 bits per heavy atom. The zero-order valence-corrected chi connectivity index (χ0v) is 20.0. The minimum Gasteiger partial charge on any atom is -0.478 e. The second-order valence-corrected chi connectivity index (χ2v) is 8.00. The molecule has 4 N–H and O–H groups in total. The third kappa shape index (κ3) is 7.19. The van der Waals surface area contributed by atoms with Crippen molar-refractivity contribution in [3.8, 4) is 11.3 Å². The standard InChI is InChI=1S/C20H21N3O2.C7H5ClO2/c1-2-3-4-5-12-25-20(24)22-14-8-6-9-15-16-10-7-11-17(21)19(16)23-18(15)13-14;8-6-3-1-5(2-4-6)7(9)10/h2-3,6-11,13H,4-5,12,21H2,1H3,(H,22,24);1-4H,(H,9,10). The summed E-state index contributed by atoms with van der Waals surface area (Å²) in [5, 5.41) is 12.7. The van der Waals surface area contributed by atoms with E-state index in [-0.39, 0.29) is 5.56 Å². The van der Waals surface area contributed by atoms with Crippen LogP contribution < -0.4 is 11.1 Å². The van der Waals surface area contributed by atoms with Gasteiger partial charge >= 0.3 is 12.1 Å². The molecule has 0 saturated carbocycles. The third-order valence-corrected chi connectivity index (χ3v) is 5.27. The van der Waals surface area contributed by atoms with Crippen LogP contribution in [0.1, 0.15) is 30.1 Å². The Bertz CT molecular complexity index is 1310. The Labute approximate surface area is 208 Å². The van der Waals surface area contributed by atoms with E-state index in [1.807, 2.05) is 61.5 Å². The maximum absolute atomic E-state index is 11.9. The fourth-order valence-corrected chi connectivity index (χ4v) is 3.43. The van der Waals surface area contributed by atoms with Crippen LogP contribution in [0.3, 0.4) is 0 Å². The number of hydrogen-bond acceptors (Lipinski definition) is 5. The van der Waals surface area contributed by atoms with E-state index in [1.54, 1.807) is 12.1 Å². The van der Waals surface area contributed by atoms with E-state index in [0.717, 1.165) is 35.0 Å². The molecule has 7 nitrogen and oxygen atoms in total. The number of nitrogens with one attached hydrogen (secondary N) is 1. The minimum absolute atomic E-state index is 0.254. The van der Waals surface area contributed by atoms with Gasteiger partial charge < -0.3 is 15.6 Å². The molecule has 35 heavy (non-hydrogen) atoms. The van der Waals surface area contributed by atoms with Crippen LogP contribution in [0, 0.1) is 0 Å². The first-order valence-corrected chi connectivity index (χ1v) is 11.4. The van der Waals surface area contributed by atoms with E-state index in [9.17, 15) is 9.59 Å². The van der Waals surface area contributed by atoms with Crippen LogP contribution in [0.5, 0.6) is 0 Å². The van der Waals surface area contributed by atoms with Crippen LogP contribution in [0.2, 0.25) is 5.02 Å². The summed E-state index contributed by atoms with van der Waals surface area (Å²) in [6.45, 7) is 2.36. The highest BCUT2D eigenvalue weighted by atomic mass is 35.5. The predicted octanol–water partition coefficient (Wildman–Crippen LogP) is 6.86. The molecule has 8 heteroatoms. The topological polar surface area (TPSA) is 115 Å². The molecule has 0 saturated heterocycles. The summed E-state index contributed by atoms with van der Waals surface area (Å²) in [5.41, 5.74) is 10.1. The number of rotatable bonds is 6. The van der Waals surface area contributed by atoms with Crippen LogP contribution >= 0.6 is 11.6 Å². The van der Waals surface area contributed by atoms with E-state index < -0.39 is 12.1 Å². The number of nitrogens with two attached hydrogens (primary N) is 1. The van der Waals surface area contributed by atoms with E-state index in [4.69, 9.17) is 27.2 Å². The number of benzene rings is 2. The molecule has 1 aliphatic carbocycles. The van der Waals surface area contributed by atoms with Gasteiger partial charge in [0.25, 0.3) is 0 Å². The number of carbonyl (C=O) groups excluding carboxylic acids is 1. The van der Waals surface area contributed by atoms with Crippen LogP contribution in [-0.2, 0) is 4.74 Å². The fraction of sp³-hybridized carbons (Fsp3) is 0.148. The molecule has 2 aliphatic rings. The molecular weight excluding hydrogens is 466 g/mol. The Morgan fingerprint density at radius 3 is 2.57 bits per heavy atom. The second kappa shape index (κ2) is 12.4. The first kappa shape index (κ1) is 25.5. The molecule has 180 valence electrons. The zero-order chi connectivity index (χ0) is 25.2. The van der Waals surface area contributed by atoms with Gasteiger partial charge in [0.05, 0.1) is 29.1 Å². The lowest BCUT2D eigenvalue weighted by Gasteiger charge is -2.05. The van der Waals surface area contributed by atoms with Crippen molar-refractivity contribution in [1.29, 1.82) is 0 Å². The summed E-state index contributed by atoms with van der Waals surface area (Å²) >= 11 is 5.52. The van der Waals surface area contributed by atoms with Crippen molar-refractivity contribution in [2.45, 2.75) is 19.8 Å². The molecule has 0 atom stereocenters. The first-order valence-electron chi connectivity index (χ1n) is 11.0. The summed E-state index contributed by atoms with van der Waals surface area (Å²) in [6, 6.07) is 19.3. The number of carbonyl (C=O) groups is 2. The van der Waals surface area contributed by atoms with Gasteiger partial charge in [0.1, 0.15) is 0 Å². The van der Waals surface area contributed by atoms with Crippen molar-refractivity contribution in [3.63, 3.8) is 0 Å². The molecule has 0 fully saturated rings. The monoisotopic (exact) mass is 491 g/mol. The van der Waals surface area contributed by atoms with Crippen molar-refractivity contribution >= 4 is 45.9 Å². The average Bonchev–Trinajstić information content (AvgIpc) is 3.06. The van der Waals surface area contributed by atoms with Gasteiger partial charge in [-0.1, -0.05) is 48.0 Å². The molecule has 0 spiro atoms. The van der Waals surface area contributed by atoms with Crippen molar-refractivity contribution in [2.24, 2.45) is 0 Å². The van der Waals surface area contributed by atoms with Gasteiger partial charge in [-0.15, -0.1) is 0 Å². The molecule has 1 amide bonds. The van der Waals surface area contributed by atoms with E-state index in [1.165, 1.54) is 12.1 Å². The number of amides is 1. The number of hydrogen-bond donors (Lipinski definition) is 3. The van der Waals surface area contributed by atoms with Gasteiger partial charge in [0.15, 0.2) is 0 Å². The first-order chi connectivity index (χ1) is 16.9. The van der Waals surface area contributed by atoms with Gasteiger partial charge in [-0.2, -0.15) is 0 Å². The lowest BCUT2D eigenvalue weighted by molar-refractivity contribution is 0.0697. The Balaban J connectivity index is 0.000000287. The molecule has 0 aromatic heterocycles. The maximum atomic E-state index is 11.9. The molecule has 0 radical (unpaired) electrons. The zero-order valence-electron chi connectivity index (χ0n) is 19.2. The molecule has 4 rings (SSSR count). The maximum Gasteiger partial charge on any atom is 0.411 e. The number of carboxylic acids is 1. The number of aromatic nitrogens is 1. The smallest absolute Gasteiger partial charge is 0.411 e. The Morgan fingerprint density at radius 2 is 1.86 bits per heavy atom. The third-order valence-electron chi connectivity index (χ3n) is 5.02. The largest absolute Gasteiger partial charge is 0.478 e. The highest BCUT2D eigenvalue weighted by Crippen LogP contribution is 2.34. The van der Waals surface area contributed by atoms with Gasteiger partial charge in [-0.25, -0.2) is 14.6 Å². The number of ether oxygens (including phenoxy) is 1. The van der Waals surface area contributed by atoms with Crippen LogP contribution in [0.25, 0.3) is 22.2 Å². The van der Waals surface area contributed by atoms with Crippen molar-refractivity contribution in [2.75, 3.05) is 17.7 Å². The van der Waals surface area contributed by atoms with Crippen molar-refractivity contribution < 1.29 is 19.4 Å². The second-order valence-electron chi connectivity index (χ2n) is 7.56. The highest BCUT2D eigenvalue weighted by molar-refractivity contribution is 6.30. The number of nitrogens with zero attached hydrogens (tertiary/aromatic N) is 1. The normalized spacial score (nSPS) is 10.7. The predicted molar refractivity (Wildman–Crippen MR) is 140 cm³/mol. The Hall–Kier alpha value is -4.10. The molecule has 1 heterocycles. The highest BCUT2D eigenvalue weighted by Gasteiger charge is 2.13. The molecular formula is C27H26ClN3O4. The summed E-state index contributed by atoms with van der Waals surface area (Å²) in [5.74, 6) is -0.934. The van der Waals surface area contributed by atoms with Crippen molar-refractivity contribution in [1.82, 2.24) is 4.98 Å². The summed E-state index contributed by atoms with van der Waals surface area (Å²) in [6.07, 6.45) is 5.27. The van der Waals surface area contributed by atoms with Gasteiger partial charge in [-0.3, -0.25) is 5.32 Å². The number of carboxylic acid groups (broad SMARTS) is 1. The minimum atomic E-state index is -0.934. The van der Waals surface area contributed by atoms with Gasteiger partial charge in [0, 0.05) is 21.7 Å². The number of nitrogen functional groups attached to an aromatic ring is 1.